The van der Waals surface area contributed by atoms with E-state index >= 15 is 0 Å². The molecule has 0 amide bonds. The highest BCUT2D eigenvalue weighted by Crippen LogP contribution is 2.30. The van der Waals surface area contributed by atoms with Crippen molar-refractivity contribution in [3.8, 4) is 0 Å². The molecule has 0 aromatic heterocycles. The van der Waals surface area contributed by atoms with Crippen molar-refractivity contribution in [2.75, 3.05) is 6.61 Å². The summed E-state index contributed by atoms with van der Waals surface area (Å²) in [5.41, 5.74) is 0. The Morgan fingerprint density at radius 3 is 3.08 bits per heavy atom. The van der Waals surface area contributed by atoms with Gasteiger partial charge in [0.2, 0.25) is 0 Å². The Morgan fingerprint density at radius 1 is 1.69 bits per heavy atom. The molecule has 13 heavy (non-hydrogen) atoms. The van der Waals surface area contributed by atoms with Gasteiger partial charge in [0.1, 0.15) is 0 Å². The number of esters is 1. The van der Waals surface area contributed by atoms with E-state index < -0.39 is 0 Å². The smallest absolute Gasteiger partial charge is 0.308 e. The fourth-order valence-electron chi connectivity index (χ4n) is 1.72. The zero-order valence-corrected chi connectivity index (χ0v) is 7.77. The number of hydrogen-bond acceptors (Lipinski definition) is 4. The van der Waals surface area contributed by atoms with Crippen molar-refractivity contribution in [3.63, 3.8) is 0 Å². The molecule has 1 rings (SSSR count). The second-order valence-corrected chi connectivity index (χ2v) is 3.29. The minimum absolute atomic E-state index is 0.00273. The highest BCUT2D eigenvalue weighted by Gasteiger charge is 2.29. The first kappa shape index (κ1) is 10.0. The number of carbonyl (C=O) groups excluding carboxylic acids is 1. The van der Waals surface area contributed by atoms with Crippen molar-refractivity contribution in [2.24, 2.45) is 17.0 Å². The molecule has 0 spiro atoms. The molecule has 4 heteroatoms. The average molecular weight is 185 g/mol. The molecule has 0 aliphatic heterocycles. The summed E-state index contributed by atoms with van der Waals surface area (Å²) < 4.78 is 4.91. The molecule has 4 nitrogen and oxygen atoms in total. The molecule has 74 valence electrons. The number of nitrogens with zero attached hydrogens (tertiary/aromatic N) is 1. The van der Waals surface area contributed by atoms with E-state index in [2.05, 4.69) is 5.16 Å². The van der Waals surface area contributed by atoms with Crippen LogP contribution in [0.2, 0.25) is 0 Å². The van der Waals surface area contributed by atoms with Gasteiger partial charge in [-0.1, -0.05) is 0 Å². The quantitative estimate of drug-likeness (QED) is 0.313. The average Bonchev–Trinajstić information content (AvgIpc) is 2.54. The van der Waals surface area contributed by atoms with Crippen LogP contribution in [0.1, 0.15) is 26.2 Å². The van der Waals surface area contributed by atoms with Gasteiger partial charge < -0.3 is 9.94 Å². The molecule has 1 aliphatic carbocycles. The molecule has 0 aromatic rings. The summed E-state index contributed by atoms with van der Waals surface area (Å²) in [5.74, 6) is 0.124. The predicted octanol–water partition coefficient (Wildman–Crippen LogP) is 1.43. The summed E-state index contributed by atoms with van der Waals surface area (Å²) >= 11 is 0. The van der Waals surface area contributed by atoms with Crippen LogP contribution in [0.25, 0.3) is 0 Å². The zero-order chi connectivity index (χ0) is 9.68. The minimum Gasteiger partial charge on any atom is -0.466 e. The monoisotopic (exact) mass is 185 g/mol. The summed E-state index contributed by atoms with van der Waals surface area (Å²) in [6, 6.07) is 0. The molecule has 1 aliphatic rings. The van der Waals surface area contributed by atoms with Crippen molar-refractivity contribution in [1.82, 2.24) is 0 Å². The van der Waals surface area contributed by atoms with E-state index in [1.165, 1.54) is 6.21 Å². The van der Waals surface area contributed by atoms with Crippen molar-refractivity contribution < 1.29 is 14.7 Å². The number of carbonyl (C=O) groups is 1. The Hall–Kier alpha value is -1.06. The lowest BCUT2D eigenvalue weighted by Crippen LogP contribution is -2.15. The third kappa shape index (κ3) is 2.72. The molecular formula is C9H15NO3. The van der Waals surface area contributed by atoms with Crippen molar-refractivity contribution in [2.45, 2.75) is 26.2 Å². The molecule has 2 atom stereocenters. The van der Waals surface area contributed by atoms with Gasteiger partial charge >= 0.3 is 5.97 Å². The van der Waals surface area contributed by atoms with Gasteiger partial charge in [-0.3, -0.25) is 4.79 Å². The Bertz CT molecular complexity index is 203. The van der Waals surface area contributed by atoms with Crippen molar-refractivity contribution in [3.05, 3.63) is 0 Å². The minimum atomic E-state index is -0.115. The summed E-state index contributed by atoms with van der Waals surface area (Å²) in [6.45, 7) is 2.24. The molecule has 0 radical (unpaired) electrons. The van der Waals surface area contributed by atoms with E-state index in [0.717, 1.165) is 19.3 Å². The first-order valence-electron chi connectivity index (χ1n) is 4.62. The maximum absolute atomic E-state index is 11.3. The fraction of sp³-hybridized carbons (Fsp3) is 0.778. The lowest BCUT2D eigenvalue weighted by molar-refractivity contribution is -0.147. The Kier molecular flexibility index (Phi) is 3.73. The van der Waals surface area contributed by atoms with E-state index in [4.69, 9.17) is 9.94 Å². The van der Waals surface area contributed by atoms with Crippen LogP contribution in [-0.2, 0) is 9.53 Å². The number of hydrogen-bond donors (Lipinski definition) is 1. The summed E-state index contributed by atoms with van der Waals surface area (Å²) in [7, 11) is 0. The van der Waals surface area contributed by atoms with Crippen LogP contribution in [-0.4, -0.2) is 24.0 Å². The van der Waals surface area contributed by atoms with Gasteiger partial charge in [-0.25, -0.2) is 0 Å². The van der Waals surface area contributed by atoms with E-state index in [1.54, 1.807) is 6.92 Å². The zero-order valence-electron chi connectivity index (χ0n) is 7.77. The molecule has 0 unspecified atom stereocenters. The van der Waals surface area contributed by atoms with Crippen LogP contribution < -0.4 is 0 Å². The van der Waals surface area contributed by atoms with Gasteiger partial charge in [0.05, 0.1) is 12.5 Å². The van der Waals surface area contributed by atoms with Gasteiger partial charge in [-0.15, -0.1) is 5.16 Å². The molecule has 0 heterocycles. The van der Waals surface area contributed by atoms with Crippen LogP contribution >= 0.6 is 0 Å². The topological polar surface area (TPSA) is 58.9 Å². The summed E-state index contributed by atoms with van der Waals surface area (Å²) in [5, 5.41) is 11.3. The maximum atomic E-state index is 11.3. The second-order valence-electron chi connectivity index (χ2n) is 3.29. The fourth-order valence-corrected chi connectivity index (χ4v) is 1.72. The SMILES string of the molecule is CCOC(=O)[C@H]1CC[C@@H](/C=N\O)C1. The highest BCUT2D eigenvalue weighted by atomic mass is 16.5. The predicted molar refractivity (Wildman–Crippen MR) is 47.7 cm³/mol. The second kappa shape index (κ2) is 4.84. The third-order valence-corrected chi connectivity index (χ3v) is 2.37. The van der Waals surface area contributed by atoms with Crippen LogP contribution in [0.15, 0.2) is 5.16 Å². The lowest BCUT2D eigenvalue weighted by Gasteiger charge is -2.07. The first-order chi connectivity index (χ1) is 6.27. The van der Waals surface area contributed by atoms with Gasteiger partial charge in [-0.05, 0) is 32.1 Å². The lowest BCUT2D eigenvalue weighted by atomic mass is 10.1. The van der Waals surface area contributed by atoms with Crippen molar-refractivity contribution >= 4 is 12.2 Å². The van der Waals surface area contributed by atoms with Crippen LogP contribution in [0.4, 0.5) is 0 Å². The Labute approximate surface area is 77.6 Å². The largest absolute Gasteiger partial charge is 0.466 e. The Morgan fingerprint density at radius 2 is 2.46 bits per heavy atom. The molecular weight excluding hydrogens is 170 g/mol. The maximum Gasteiger partial charge on any atom is 0.308 e. The molecule has 1 fully saturated rings. The summed E-state index contributed by atoms with van der Waals surface area (Å²) in [6.07, 6.45) is 4.01. The van der Waals surface area contributed by atoms with Gasteiger partial charge in [0, 0.05) is 6.21 Å². The van der Waals surface area contributed by atoms with Crippen LogP contribution in [0.3, 0.4) is 0 Å². The molecule has 1 saturated carbocycles. The van der Waals surface area contributed by atoms with Crippen molar-refractivity contribution in [1.29, 1.82) is 0 Å². The highest BCUT2D eigenvalue weighted by molar-refractivity contribution is 5.74. The molecule has 0 bridgehead atoms. The standard InChI is InChI=1S/C9H15NO3/c1-2-13-9(11)8-4-3-7(5-8)6-10-12/h6-8,12H,2-5H2,1H3/b10-6-/t7-,8+/m1/s1. The van der Waals surface area contributed by atoms with Gasteiger partial charge in [-0.2, -0.15) is 0 Å². The van der Waals surface area contributed by atoms with E-state index in [9.17, 15) is 4.79 Å². The van der Waals surface area contributed by atoms with E-state index in [-0.39, 0.29) is 17.8 Å². The number of ether oxygens (including phenoxy) is 1. The normalized spacial score (nSPS) is 28.1. The Balaban J connectivity index is 2.36. The van der Waals surface area contributed by atoms with E-state index in [1.807, 2.05) is 0 Å². The first-order valence-corrected chi connectivity index (χ1v) is 4.62. The third-order valence-electron chi connectivity index (χ3n) is 2.37. The number of oxime groups is 1. The van der Waals surface area contributed by atoms with Crippen LogP contribution in [0.5, 0.6) is 0 Å². The van der Waals surface area contributed by atoms with E-state index in [0.29, 0.717) is 6.61 Å². The van der Waals surface area contributed by atoms with Gasteiger partial charge in [0.15, 0.2) is 0 Å². The molecule has 1 N–H and O–H groups in total. The summed E-state index contributed by atoms with van der Waals surface area (Å²) in [4.78, 5) is 11.3. The molecule has 0 aromatic carbocycles. The van der Waals surface area contributed by atoms with Gasteiger partial charge in [0.25, 0.3) is 0 Å². The molecule has 0 saturated heterocycles. The number of rotatable bonds is 3. The van der Waals surface area contributed by atoms with Crippen LogP contribution in [0, 0.1) is 11.8 Å².